The van der Waals surface area contributed by atoms with Crippen LogP contribution in [0.4, 0.5) is 4.39 Å². The molecule has 2 aromatic carbocycles. The van der Waals surface area contributed by atoms with Gasteiger partial charge < -0.3 is 4.57 Å². The normalized spacial score (nSPS) is 17.5. The van der Waals surface area contributed by atoms with Crippen molar-refractivity contribution < 1.29 is 17.6 Å². The average Bonchev–Trinajstić information content (AvgIpc) is 3.35. The molecule has 33 heavy (non-hydrogen) atoms. The minimum absolute atomic E-state index is 0.0216. The van der Waals surface area contributed by atoms with E-state index in [1.54, 1.807) is 24.4 Å². The number of hydrogen-bond acceptors (Lipinski definition) is 6. The molecule has 2 aliphatic rings. The van der Waals surface area contributed by atoms with Gasteiger partial charge in [-0.3, -0.25) is 10.2 Å². The molecular formula is C22H16FN5O3S2. The Kier molecular flexibility index (Phi) is 5.02. The average molecular weight is 482 g/mol. The number of nitrogens with one attached hydrogen (secondary N) is 1. The van der Waals surface area contributed by atoms with Gasteiger partial charge in [0.1, 0.15) is 5.82 Å². The van der Waals surface area contributed by atoms with Crippen LogP contribution in [0.15, 0.2) is 70.4 Å². The smallest absolute Gasteiger partial charge is 0.283 e. The Morgan fingerprint density at radius 3 is 2.64 bits per heavy atom. The third-order valence-corrected chi connectivity index (χ3v) is 7.75. The number of rotatable bonds is 3. The highest BCUT2D eigenvalue weighted by Gasteiger charge is 2.38. The molecule has 11 heteroatoms. The van der Waals surface area contributed by atoms with Gasteiger partial charge in [-0.1, -0.05) is 36.4 Å². The van der Waals surface area contributed by atoms with Crippen LogP contribution in [0.25, 0.3) is 17.0 Å². The first kappa shape index (κ1) is 21.3. The van der Waals surface area contributed by atoms with Crippen molar-refractivity contribution in [2.75, 3.05) is 6.26 Å². The van der Waals surface area contributed by atoms with E-state index in [-0.39, 0.29) is 33.3 Å². The summed E-state index contributed by atoms with van der Waals surface area (Å²) in [7, 11) is -3.61. The van der Waals surface area contributed by atoms with E-state index in [2.05, 4.69) is 10.1 Å². The summed E-state index contributed by atoms with van der Waals surface area (Å²) in [6.45, 7) is 0.287. The van der Waals surface area contributed by atoms with E-state index in [0.717, 1.165) is 33.9 Å². The van der Waals surface area contributed by atoms with Gasteiger partial charge in [0, 0.05) is 34.5 Å². The molecule has 0 aliphatic carbocycles. The summed E-state index contributed by atoms with van der Waals surface area (Å²) >= 11 is 0.736. The molecule has 3 aromatic rings. The molecule has 3 heterocycles. The van der Waals surface area contributed by atoms with Crippen molar-refractivity contribution in [3.8, 4) is 0 Å². The third-order valence-electron chi connectivity index (χ3n) is 5.17. The molecule has 2 aliphatic heterocycles. The quantitative estimate of drug-likeness (QED) is 0.577. The molecule has 0 bridgehead atoms. The topological polar surface area (TPSA) is 108 Å². The second-order valence-electron chi connectivity index (χ2n) is 7.48. The van der Waals surface area contributed by atoms with Crippen LogP contribution >= 0.6 is 11.8 Å². The van der Waals surface area contributed by atoms with Crippen molar-refractivity contribution in [1.82, 2.24) is 9.58 Å². The van der Waals surface area contributed by atoms with Crippen LogP contribution in [0.1, 0.15) is 11.1 Å². The Bertz CT molecular complexity index is 1550. The van der Waals surface area contributed by atoms with Gasteiger partial charge in [-0.2, -0.15) is 10.0 Å². The van der Waals surface area contributed by atoms with Crippen LogP contribution in [0, 0.1) is 11.2 Å². The Morgan fingerprint density at radius 2 is 1.88 bits per heavy atom. The van der Waals surface area contributed by atoms with Gasteiger partial charge in [0.15, 0.2) is 5.84 Å². The third kappa shape index (κ3) is 3.79. The van der Waals surface area contributed by atoms with Gasteiger partial charge in [0.2, 0.25) is 19.4 Å². The Morgan fingerprint density at radius 1 is 1.15 bits per heavy atom. The minimum atomic E-state index is -3.61. The van der Waals surface area contributed by atoms with Crippen LogP contribution in [-0.4, -0.2) is 45.5 Å². The largest absolute Gasteiger partial charge is 0.342 e. The van der Waals surface area contributed by atoms with Crippen molar-refractivity contribution in [3.05, 3.63) is 77.2 Å². The number of carbonyl (C=O) groups excluding carboxylic acids is 1. The maximum atomic E-state index is 14.2. The van der Waals surface area contributed by atoms with E-state index >= 15 is 0 Å². The molecule has 166 valence electrons. The zero-order chi connectivity index (χ0) is 23.3. The number of nitrogens with zero attached hydrogens (tertiary/aromatic N) is 4. The monoisotopic (exact) mass is 481 g/mol. The second-order valence-corrected chi connectivity index (χ2v) is 10.6. The van der Waals surface area contributed by atoms with E-state index in [9.17, 15) is 17.6 Å². The van der Waals surface area contributed by atoms with E-state index in [1.807, 2.05) is 28.8 Å². The van der Waals surface area contributed by atoms with Crippen molar-refractivity contribution in [2.45, 2.75) is 6.54 Å². The van der Waals surface area contributed by atoms with Gasteiger partial charge in [-0.05, 0) is 30.0 Å². The minimum Gasteiger partial charge on any atom is -0.342 e. The first-order valence-corrected chi connectivity index (χ1v) is 12.4. The lowest BCUT2D eigenvalue weighted by molar-refractivity contribution is -0.114. The molecule has 8 nitrogen and oxygen atoms in total. The number of halogens is 1. The summed E-state index contributed by atoms with van der Waals surface area (Å²) in [4.78, 5) is 16.6. The summed E-state index contributed by atoms with van der Waals surface area (Å²) < 4.78 is 39.5. The molecule has 0 saturated heterocycles. The zero-order valence-electron chi connectivity index (χ0n) is 17.2. The predicted molar refractivity (Wildman–Crippen MR) is 127 cm³/mol. The lowest BCUT2D eigenvalue weighted by Crippen LogP contribution is -2.35. The number of hydrazone groups is 1. The maximum Gasteiger partial charge on any atom is 0.283 e. The van der Waals surface area contributed by atoms with E-state index in [0.29, 0.717) is 11.1 Å². The molecule has 0 saturated carbocycles. The van der Waals surface area contributed by atoms with Crippen LogP contribution < -0.4 is 0 Å². The van der Waals surface area contributed by atoms with Crippen molar-refractivity contribution in [1.29, 1.82) is 5.41 Å². The summed E-state index contributed by atoms with van der Waals surface area (Å²) in [5.41, 5.74) is 1.98. The highest BCUT2D eigenvalue weighted by atomic mass is 32.3. The number of para-hydroxylation sites is 1. The number of sulfone groups is 1. The van der Waals surface area contributed by atoms with E-state index in [4.69, 9.17) is 5.41 Å². The fraction of sp³-hybridized carbons (Fsp3) is 0.0909. The number of aliphatic imine (C=N–C) groups is 1. The molecule has 0 fully saturated rings. The van der Waals surface area contributed by atoms with Gasteiger partial charge in [0.25, 0.3) is 5.91 Å². The van der Waals surface area contributed by atoms with Gasteiger partial charge in [-0.25, -0.2) is 12.8 Å². The maximum absolute atomic E-state index is 14.2. The van der Waals surface area contributed by atoms with Crippen LogP contribution in [-0.2, 0) is 21.2 Å². The fourth-order valence-electron chi connectivity index (χ4n) is 3.61. The molecule has 1 aromatic heterocycles. The lowest BCUT2D eigenvalue weighted by Gasteiger charge is -2.19. The molecule has 5 rings (SSSR count). The summed E-state index contributed by atoms with van der Waals surface area (Å²) in [6.07, 6.45) is 4.32. The van der Waals surface area contributed by atoms with Crippen LogP contribution in [0.5, 0.6) is 0 Å². The number of thioether (sulfide) groups is 1. The molecule has 0 atom stereocenters. The number of hydrogen-bond donors (Lipinski definition) is 1. The van der Waals surface area contributed by atoms with Gasteiger partial charge in [0.05, 0.1) is 12.1 Å². The SMILES string of the molecule is CS(=O)(=O)C1=NN2C(=N)/C(=C\c3cn(Cc4ccccc4F)c4ccccc34)C(=O)N=C2S1. The highest BCUT2D eigenvalue weighted by molar-refractivity contribution is 8.42. The molecule has 1 N–H and O–H groups in total. The number of aromatic nitrogens is 1. The predicted octanol–water partition coefficient (Wildman–Crippen LogP) is 3.45. The second kappa shape index (κ2) is 7.78. The molecular weight excluding hydrogens is 465 g/mol. The number of carbonyl (C=O) groups is 1. The summed E-state index contributed by atoms with van der Waals surface area (Å²) in [5.74, 6) is -1.23. The van der Waals surface area contributed by atoms with E-state index < -0.39 is 15.7 Å². The lowest BCUT2D eigenvalue weighted by atomic mass is 10.1. The Labute approximate surface area is 192 Å². The van der Waals surface area contributed by atoms with Crippen molar-refractivity contribution >= 4 is 59.9 Å². The molecule has 0 spiro atoms. The first-order valence-electron chi connectivity index (χ1n) is 9.74. The zero-order valence-corrected chi connectivity index (χ0v) is 18.8. The van der Waals surface area contributed by atoms with Gasteiger partial charge in [-0.15, -0.1) is 5.10 Å². The summed E-state index contributed by atoms with van der Waals surface area (Å²) in [6, 6.07) is 14.0. The van der Waals surface area contributed by atoms with Crippen molar-refractivity contribution in [2.24, 2.45) is 10.1 Å². The molecule has 1 amide bonds. The first-order chi connectivity index (χ1) is 15.7. The Balaban J connectivity index is 1.57. The fourth-order valence-corrected chi connectivity index (χ4v) is 5.30. The van der Waals surface area contributed by atoms with Gasteiger partial charge >= 0.3 is 0 Å². The number of fused-ring (bicyclic) bond motifs is 2. The number of benzene rings is 2. The Hall–Kier alpha value is -3.57. The number of amidine groups is 2. The van der Waals surface area contributed by atoms with Crippen molar-refractivity contribution in [3.63, 3.8) is 0 Å². The van der Waals surface area contributed by atoms with E-state index in [1.165, 1.54) is 12.1 Å². The standard InChI is InChI=1S/C22H16FN5O3S2/c1-33(30,31)22-26-28-19(24)16(20(29)25-21(28)32-22)10-14-12-27(18-9-5-3-7-15(14)18)11-13-6-2-4-8-17(13)23/h2-10,12,24H,11H2,1H3/b16-10+,24-19?. The number of amides is 1. The summed E-state index contributed by atoms with van der Waals surface area (Å²) in [5, 5.41) is 14.3. The molecule has 0 unspecified atom stereocenters. The highest BCUT2D eigenvalue weighted by Crippen LogP contribution is 2.31. The van der Waals surface area contributed by atoms with Crippen LogP contribution in [0.2, 0.25) is 0 Å². The molecule has 0 radical (unpaired) electrons. The van der Waals surface area contributed by atoms with Crippen LogP contribution in [0.3, 0.4) is 0 Å².